The number of fused-ring (bicyclic) bond motifs is 1. The third-order valence-corrected chi connectivity index (χ3v) is 4.88. The molecular formula is C16H21FN2O2. The van der Waals surface area contributed by atoms with Gasteiger partial charge in [0.05, 0.1) is 0 Å². The summed E-state index contributed by atoms with van der Waals surface area (Å²) < 4.78 is 13.8. The van der Waals surface area contributed by atoms with E-state index in [1.807, 2.05) is 11.0 Å². The van der Waals surface area contributed by atoms with Crippen molar-refractivity contribution in [3.05, 3.63) is 35.1 Å². The Morgan fingerprint density at radius 1 is 1.33 bits per heavy atom. The van der Waals surface area contributed by atoms with Crippen LogP contribution in [0.25, 0.3) is 0 Å². The molecule has 0 spiro atoms. The van der Waals surface area contributed by atoms with Crippen molar-refractivity contribution in [1.29, 1.82) is 0 Å². The van der Waals surface area contributed by atoms with E-state index in [0.29, 0.717) is 0 Å². The van der Waals surface area contributed by atoms with Crippen LogP contribution < -0.4 is 0 Å². The lowest BCUT2D eigenvalue weighted by molar-refractivity contribution is -0.143. The van der Waals surface area contributed by atoms with Gasteiger partial charge in [-0.1, -0.05) is 12.1 Å². The molecule has 5 heteroatoms. The van der Waals surface area contributed by atoms with Crippen molar-refractivity contribution < 1.29 is 14.3 Å². The number of hydrogen-bond acceptors (Lipinski definition) is 3. The largest absolute Gasteiger partial charge is 0.480 e. The third-order valence-electron chi connectivity index (χ3n) is 4.88. The number of rotatable bonds is 3. The van der Waals surface area contributed by atoms with Crippen molar-refractivity contribution in [2.24, 2.45) is 0 Å². The number of benzene rings is 1. The maximum Gasteiger partial charge on any atom is 0.320 e. The summed E-state index contributed by atoms with van der Waals surface area (Å²) >= 11 is 0. The highest BCUT2D eigenvalue weighted by molar-refractivity contribution is 5.72. The Morgan fingerprint density at radius 3 is 2.71 bits per heavy atom. The van der Waals surface area contributed by atoms with Crippen LogP contribution >= 0.6 is 0 Å². The molecule has 1 fully saturated rings. The molecular weight excluding hydrogens is 271 g/mol. The topological polar surface area (TPSA) is 43.8 Å². The zero-order valence-corrected chi connectivity index (χ0v) is 12.3. The Hall–Kier alpha value is -1.46. The van der Waals surface area contributed by atoms with Crippen LogP contribution in [0.4, 0.5) is 4.39 Å². The summed E-state index contributed by atoms with van der Waals surface area (Å²) in [5, 5.41) is 9.08. The monoisotopic (exact) mass is 292 g/mol. The minimum atomic E-state index is -0.767. The Morgan fingerprint density at radius 2 is 2.05 bits per heavy atom. The van der Waals surface area contributed by atoms with E-state index >= 15 is 0 Å². The summed E-state index contributed by atoms with van der Waals surface area (Å²) in [6.45, 7) is 4.94. The first-order chi connectivity index (χ1) is 10.1. The predicted octanol–water partition coefficient (Wildman–Crippen LogP) is 1.90. The minimum absolute atomic E-state index is 0.0897. The van der Waals surface area contributed by atoms with Gasteiger partial charge >= 0.3 is 5.97 Å². The first kappa shape index (κ1) is 14.5. The number of halogens is 1. The van der Waals surface area contributed by atoms with Gasteiger partial charge in [0.2, 0.25) is 0 Å². The van der Waals surface area contributed by atoms with Gasteiger partial charge in [0.15, 0.2) is 0 Å². The number of hydrogen-bond donors (Lipinski definition) is 1. The van der Waals surface area contributed by atoms with Crippen LogP contribution in [0.2, 0.25) is 0 Å². The zero-order chi connectivity index (χ0) is 15.0. The zero-order valence-electron chi connectivity index (χ0n) is 12.3. The Balaban J connectivity index is 1.67. The number of aliphatic carboxylic acids is 1. The smallest absolute Gasteiger partial charge is 0.320 e. The molecule has 0 bridgehead atoms. The molecule has 21 heavy (non-hydrogen) atoms. The first-order valence-electron chi connectivity index (χ1n) is 7.56. The maximum atomic E-state index is 13.8. The van der Waals surface area contributed by atoms with Gasteiger partial charge in [0, 0.05) is 32.2 Å². The van der Waals surface area contributed by atoms with E-state index in [2.05, 4.69) is 4.90 Å². The lowest BCUT2D eigenvalue weighted by atomic mass is 10.1. The molecule has 0 radical (unpaired) electrons. The lowest BCUT2D eigenvalue weighted by Gasteiger charge is -2.39. The van der Waals surface area contributed by atoms with E-state index in [1.54, 1.807) is 13.0 Å². The predicted molar refractivity (Wildman–Crippen MR) is 77.7 cm³/mol. The average molecular weight is 292 g/mol. The summed E-state index contributed by atoms with van der Waals surface area (Å²) in [5.74, 6) is -0.857. The Bertz CT molecular complexity index is 541. The van der Waals surface area contributed by atoms with Crippen LogP contribution in [-0.4, -0.2) is 53.1 Å². The van der Waals surface area contributed by atoms with Crippen LogP contribution in [0.1, 0.15) is 30.5 Å². The molecule has 0 saturated carbocycles. The third kappa shape index (κ3) is 2.68. The summed E-state index contributed by atoms with van der Waals surface area (Å²) in [4.78, 5) is 15.4. The van der Waals surface area contributed by atoms with Crippen molar-refractivity contribution in [2.45, 2.75) is 31.8 Å². The second-order valence-electron chi connectivity index (χ2n) is 5.95. The summed E-state index contributed by atoms with van der Waals surface area (Å²) in [7, 11) is 0. The lowest BCUT2D eigenvalue weighted by Crippen LogP contribution is -2.52. The normalized spacial score (nSPS) is 24.8. The van der Waals surface area contributed by atoms with Crippen LogP contribution in [0.15, 0.2) is 18.2 Å². The van der Waals surface area contributed by atoms with Crippen LogP contribution in [-0.2, 0) is 11.2 Å². The van der Waals surface area contributed by atoms with E-state index in [9.17, 15) is 9.18 Å². The minimum Gasteiger partial charge on any atom is -0.480 e. The molecule has 3 rings (SSSR count). The van der Waals surface area contributed by atoms with Gasteiger partial charge in [-0.3, -0.25) is 14.6 Å². The molecule has 1 aliphatic carbocycles. The van der Waals surface area contributed by atoms with E-state index in [4.69, 9.17) is 5.11 Å². The summed E-state index contributed by atoms with van der Waals surface area (Å²) in [6, 6.07) is 5.21. The standard InChI is InChI=1S/C16H21FN2O2/c1-11(16(20)21)18-7-9-19(10-8-18)15-6-5-12-13(15)3-2-4-14(12)17/h2-4,11,15H,5-10H2,1H3,(H,20,21). The van der Waals surface area contributed by atoms with Crippen LogP contribution in [0.5, 0.6) is 0 Å². The second kappa shape index (κ2) is 5.73. The molecule has 114 valence electrons. The van der Waals surface area contributed by atoms with Crippen molar-refractivity contribution in [3.63, 3.8) is 0 Å². The van der Waals surface area contributed by atoms with Gasteiger partial charge in [-0.15, -0.1) is 0 Å². The number of carboxylic acids is 1. The van der Waals surface area contributed by atoms with E-state index in [1.165, 1.54) is 6.07 Å². The van der Waals surface area contributed by atoms with Crippen LogP contribution in [0, 0.1) is 5.82 Å². The molecule has 2 aliphatic rings. The average Bonchev–Trinajstić information content (AvgIpc) is 2.92. The van der Waals surface area contributed by atoms with Gasteiger partial charge < -0.3 is 5.11 Å². The summed E-state index contributed by atoms with van der Waals surface area (Å²) in [5.41, 5.74) is 1.98. The highest BCUT2D eigenvalue weighted by atomic mass is 19.1. The van der Waals surface area contributed by atoms with Gasteiger partial charge in [-0.25, -0.2) is 4.39 Å². The van der Waals surface area contributed by atoms with E-state index in [0.717, 1.165) is 50.1 Å². The van der Waals surface area contributed by atoms with Gasteiger partial charge in [-0.2, -0.15) is 0 Å². The maximum absolute atomic E-state index is 13.8. The van der Waals surface area contributed by atoms with Crippen molar-refractivity contribution in [1.82, 2.24) is 9.80 Å². The highest BCUT2D eigenvalue weighted by Crippen LogP contribution is 2.37. The number of nitrogens with zero attached hydrogens (tertiary/aromatic N) is 2. The molecule has 0 amide bonds. The summed E-state index contributed by atoms with van der Waals surface area (Å²) in [6.07, 6.45) is 1.77. The van der Waals surface area contributed by atoms with Crippen molar-refractivity contribution >= 4 is 5.97 Å². The fourth-order valence-corrected chi connectivity index (χ4v) is 3.56. The molecule has 1 heterocycles. The Labute approximate surface area is 124 Å². The fraction of sp³-hybridized carbons (Fsp3) is 0.562. The molecule has 2 atom stereocenters. The molecule has 1 aromatic rings. The van der Waals surface area contributed by atoms with E-state index < -0.39 is 12.0 Å². The second-order valence-corrected chi connectivity index (χ2v) is 5.95. The number of carboxylic acid groups (broad SMARTS) is 1. The molecule has 1 aromatic carbocycles. The molecule has 1 N–H and O–H groups in total. The number of piperazine rings is 1. The van der Waals surface area contributed by atoms with Crippen LogP contribution in [0.3, 0.4) is 0 Å². The number of carbonyl (C=O) groups is 1. The van der Waals surface area contributed by atoms with E-state index in [-0.39, 0.29) is 11.9 Å². The van der Waals surface area contributed by atoms with Gasteiger partial charge in [0.1, 0.15) is 11.9 Å². The van der Waals surface area contributed by atoms with Crippen molar-refractivity contribution in [2.75, 3.05) is 26.2 Å². The molecule has 4 nitrogen and oxygen atoms in total. The fourth-order valence-electron chi connectivity index (χ4n) is 3.56. The first-order valence-corrected chi connectivity index (χ1v) is 7.56. The highest BCUT2D eigenvalue weighted by Gasteiger charge is 2.33. The molecule has 2 unspecified atom stereocenters. The quantitative estimate of drug-likeness (QED) is 0.924. The van der Waals surface area contributed by atoms with Crippen molar-refractivity contribution in [3.8, 4) is 0 Å². The molecule has 1 saturated heterocycles. The molecule has 1 aliphatic heterocycles. The van der Waals surface area contributed by atoms with Gasteiger partial charge in [-0.05, 0) is 37.0 Å². The SMILES string of the molecule is CC(C(=O)O)N1CCN(C2CCc3c(F)cccc32)CC1. The molecule has 0 aromatic heterocycles. The van der Waals surface area contributed by atoms with Gasteiger partial charge in [0.25, 0.3) is 0 Å². The Kier molecular flexibility index (Phi) is 3.95.